The van der Waals surface area contributed by atoms with Crippen LogP contribution in [0, 0.1) is 0 Å². The summed E-state index contributed by atoms with van der Waals surface area (Å²) in [6.07, 6.45) is 4.40. The number of hydrogen-bond donors (Lipinski definition) is 0. The maximum absolute atomic E-state index is 4.07. The molecule has 0 aliphatic rings. The molecular formula is C12H17N3. The quantitative estimate of drug-likeness (QED) is 0.751. The number of nitrogens with zero attached hydrogens (tertiary/aromatic N) is 3. The third-order valence-corrected chi connectivity index (χ3v) is 1.97. The van der Waals surface area contributed by atoms with Crippen LogP contribution < -0.4 is 0 Å². The van der Waals surface area contributed by atoms with Crippen molar-refractivity contribution in [2.45, 2.75) is 27.2 Å². The van der Waals surface area contributed by atoms with E-state index in [4.69, 9.17) is 0 Å². The molecule has 80 valence electrons. The van der Waals surface area contributed by atoms with Crippen molar-refractivity contribution < 1.29 is 0 Å². The lowest BCUT2D eigenvalue weighted by molar-refractivity contribution is 0.750. The third-order valence-electron chi connectivity index (χ3n) is 1.97. The molecule has 3 nitrogen and oxygen atoms in total. The van der Waals surface area contributed by atoms with Gasteiger partial charge in [-0.05, 0) is 24.1 Å². The first-order valence-corrected chi connectivity index (χ1v) is 5.36. The minimum Gasteiger partial charge on any atom is -0.157 e. The molecule has 0 spiro atoms. The smallest absolute Gasteiger partial charge is 0.0859 e. The Bertz CT molecular complexity index is 380. The number of hydrogen-bond acceptors (Lipinski definition) is 2. The van der Waals surface area contributed by atoms with Crippen LogP contribution >= 0.6 is 0 Å². The minimum absolute atomic E-state index is 1.02. The van der Waals surface area contributed by atoms with Gasteiger partial charge in [0.25, 0.3) is 0 Å². The van der Waals surface area contributed by atoms with E-state index in [1.54, 1.807) is 17.2 Å². The van der Waals surface area contributed by atoms with E-state index < -0.39 is 0 Å². The molecule has 0 saturated carbocycles. The van der Waals surface area contributed by atoms with E-state index in [1.807, 2.05) is 26.0 Å². The van der Waals surface area contributed by atoms with Crippen molar-refractivity contribution in [1.82, 2.24) is 15.0 Å². The first-order valence-electron chi connectivity index (χ1n) is 5.36. The standard InChI is InChI=1S/C10H11N3.C2H6/c1-2-9-4-3-5-10(8-9)13-11-6-7-12-13;1-2/h3-8H,2H2,1H3;1-2H3. The van der Waals surface area contributed by atoms with Crippen LogP contribution in [-0.2, 0) is 6.42 Å². The highest BCUT2D eigenvalue weighted by Gasteiger charge is 1.97. The molecule has 0 atom stereocenters. The third kappa shape index (κ3) is 2.91. The van der Waals surface area contributed by atoms with Gasteiger partial charge in [0.15, 0.2) is 0 Å². The predicted octanol–water partition coefficient (Wildman–Crippen LogP) is 2.86. The molecule has 0 amide bonds. The van der Waals surface area contributed by atoms with Crippen LogP contribution in [0.2, 0.25) is 0 Å². The van der Waals surface area contributed by atoms with Crippen LogP contribution in [-0.4, -0.2) is 15.0 Å². The van der Waals surface area contributed by atoms with Gasteiger partial charge in [-0.2, -0.15) is 15.0 Å². The molecule has 1 aromatic carbocycles. The highest BCUT2D eigenvalue weighted by Crippen LogP contribution is 2.08. The van der Waals surface area contributed by atoms with Crippen molar-refractivity contribution in [1.29, 1.82) is 0 Å². The van der Waals surface area contributed by atoms with Gasteiger partial charge >= 0.3 is 0 Å². The summed E-state index contributed by atoms with van der Waals surface area (Å²) in [7, 11) is 0. The van der Waals surface area contributed by atoms with Gasteiger partial charge < -0.3 is 0 Å². The molecule has 1 heterocycles. The van der Waals surface area contributed by atoms with Crippen LogP contribution in [0.1, 0.15) is 26.3 Å². The lowest BCUT2D eigenvalue weighted by Crippen LogP contribution is -1.98. The maximum atomic E-state index is 4.07. The first-order chi connectivity index (χ1) is 7.40. The second-order valence-electron chi connectivity index (χ2n) is 2.84. The van der Waals surface area contributed by atoms with Crippen molar-refractivity contribution in [3.8, 4) is 5.69 Å². The van der Waals surface area contributed by atoms with Crippen LogP contribution in [0.4, 0.5) is 0 Å². The molecule has 0 aliphatic heterocycles. The second-order valence-corrected chi connectivity index (χ2v) is 2.84. The highest BCUT2D eigenvalue weighted by atomic mass is 15.5. The van der Waals surface area contributed by atoms with Gasteiger partial charge in [-0.15, -0.1) is 0 Å². The number of aryl methyl sites for hydroxylation is 1. The predicted molar refractivity (Wildman–Crippen MR) is 62.1 cm³/mol. The van der Waals surface area contributed by atoms with E-state index in [2.05, 4.69) is 29.3 Å². The van der Waals surface area contributed by atoms with Gasteiger partial charge in [0, 0.05) is 0 Å². The number of rotatable bonds is 2. The largest absolute Gasteiger partial charge is 0.157 e. The average molecular weight is 203 g/mol. The Morgan fingerprint density at radius 2 is 1.80 bits per heavy atom. The van der Waals surface area contributed by atoms with E-state index in [9.17, 15) is 0 Å². The van der Waals surface area contributed by atoms with Crippen molar-refractivity contribution in [2.24, 2.45) is 0 Å². The molecule has 2 rings (SSSR count). The topological polar surface area (TPSA) is 30.7 Å². The molecule has 3 heteroatoms. The summed E-state index contributed by atoms with van der Waals surface area (Å²) in [5.41, 5.74) is 2.32. The lowest BCUT2D eigenvalue weighted by atomic mass is 10.1. The Hall–Kier alpha value is -1.64. The van der Waals surface area contributed by atoms with E-state index in [1.165, 1.54) is 5.56 Å². The molecular weight excluding hydrogens is 186 g/mol. The van der Waals surface area contributed by atoms with Crippen LogP contribution in [0.3, 0.4) is 0 Å². The maximum Gasteiger partial charge on any atom is 0.0859 e. The van der Waals surface area contributed by atoms with Crippen LogP contribution in [0.15, 0.2) is 36.7 Å². The van der Waals surface area contributed by atoms with Gasteiger partial charge in [-0.1, -0.05) is 32.9 Å². The number of benzene rings is 1. The Kier molecular flexibility index (Phi) is 4.54. The molecule has 15 heavy (non-hydrogen) atoms. The molecule has 0 radical (unpaired) electrons. The molecule has 0 aliphatic carbocycles. The number of aromatic nitrogens is 3. The zero-order chi connectivity index (χ0) is 11.1. The molecule has 2 aromatic rings. The zero-order valence-electron chi connectivity index (χ0n) is 9.51. The van der Waals surface area contributed by atoms with Crippen molar-refractivity contribution in [2.75, 3.05) is 0 Å². The fourth-order valence-electron chi connectivity index (χ4n) is 1.25. The monoisotopic (exact) mass is 203 g/mol. The zero-order valence-corrected chi connectivity index (χ0v) is 9.51. The summed E-state index contributed by atoms with van der Waals surface area (Å²) >= 11 is 0. The molecule has 0 unspecified atom stereocenters. The Balaban J connectivity index is 0.000000531. The molecule has 0 bridgehead atoms. The molecule has 1 aromatic heterocycles. The van der Waals surface area contributed by atoms with Crippen molar-refractivity contribution in [3.05, 3.63) is 42.2 Å². The Morgan fingerprint density at radius 3 is 2.40 bits per heavy atom. The fraction of sp³-hybridized carbons (Fsp3) is 0.333. The second kappa shape index (κ2) is 5.96. The minimum atomic E-state index is 1.02. The van der Waals surface area contributed by atoms with Crippen molar-refractivity contribution >= 4 is 0 Å². The summed E-state index contributed by atoms with van der Waals surface area (Å²) in [5, 5.41) is 8.13. The average Bonchev–Trinajstić information content (AvgIpc) is 2.85. The first kappa shape index (κ1) is 11.4. The van der Waals surface area contributed by atoms with E-state index >= 15 is 0 Å². The van der Waals surface area contributed by atoms with Gasteiger partial charge in [0.1, 0.15) is 0 Å². The Morgan fingerprint density at radius 1 is 1.13 bits per heavy atom. The SMILES string of the molecule is CC.CCc1cccc(-n2nccn2)c1. The van der Waals surface area contributed by atoms with Crippen LogP contribution in [0.25, 0.3) is 5.69 Å². The molecule has 0 fully saturated rings. The molecule has 0 N–H and O–H groups in total. The summed E-state index contributed by atoms with van der Waals surface area (Å²) in [6.45, 7) is 6.13. The summed E-state index contributed by atoms with van der Waals surface area (Å²) in [4.78, 5) is 1.62. The Labute approximate surface area is 90.7 Å². The molecule has 0 saturated heterocycles. The highest BCUT2D eigenvalue weighted by molar-refractivity contribution is 5.33. The van der Waals surface area contributed by atoms with Gasteiger partial charge in [0.2, 0.25) is 0 Å². The lowest BCUT2D eigenvalue weighted by Gasteiger charge is -2.01. The van der Waals surface area contributed by atoms with Gasteiger partial charge in [0.05, 0.1) is 18.1 Å². The van der Waals surface area contributed by atoms with Gasteiger partial charge in [-0.3, -0.25) is 0 Å². The fourth-order valence-corrected chi connectivity index (χ4v) is 1.25. The summed E-state index contributed by atoms with van der Waals surface area (Å²) in [5.74, 6) is 0. The van der Waals surface area contributed by atoms with Gasteiger partial charge in [-0.25, -0.2) is 0 Å². The van der Waals surface area contributed by atoms with E-state index in [-0.39, 0.29) is 0 Å². The van der Waals surface area contributed by atoms with Crippen LogP contribution in [0.5, 0.6) is 0 Å². The van der Waals surface area contributed by atoms with E-state index in [0.29, 0.717) is 0 Å². The normalized spacial score (nSPS) is 9.27. The van der Waals surface area contributed by atoms with Crippen molar-refractivity contribution in [3.63, 3.8) is 0 Å². The summed E-state index contributed by atoms with van der Waals surface area (Å²) in [6, 6.07) is 8.23. The van der Waals surface area contributed by atoms with E-state index in [0.717, 1.165) is 12.1 Å². The summed E-state index contributed by atoms with van der Waals surface area (Å²) < 4.78 is 0.